The van der Waals surface area contributed by atoms with E-state index in [2.05, 4.69) is 39.8 Å². The molecule has 42 heavy (non-hydrogen) atoms. The lowest BCUT2D eigenvalue weighted by atomic mass is 9.96. The van der Waals surface area contributed by atoms with Gasteiger partial charge in [-0.05, 0) is 41.5 Å². The highest BCUT2D eigenvalue weighted by molar-refractivity contribution is 7.80. The molecule has 1 fully saturated rings. The zero-order valence-corrected chi connectivity index (χ0v) is 23.5. The normalized spacial score (nSPS) is 13.4. The van der Waals surface area contributed by atoms with Crippen LogP contribution in [-0.4, -0.2) is 57.8 Å². The van der Waals surface area contributed by atoms with Gasteiger partial charge in [-0.1, -0.05) is 78.9 Å². The number of anilines is 1. The molecule has 0 aromatic heterocycles. The van der Waals surface area contributed by atoms with Crippen LogP contribution in [0.15, 0.2) is 109 Å². The Labute approximate surface area is 248 Å². The molecule has 0 aliphatic carbocycles. The SMILES string of the molecule is O=C(NC(=S)Nc1ccccc1C(=O)N1CCN(C(c2ccccc2)c2ccccc2)CC1)c1cccc([N+](=O)[O-])c1. The molecule has 4 aromatic carbocycles. The average Bonchev–Trinajstić information content (AvgIpc) is 3.02. The van der Waals surface area contributed by atoms with E-state index in [1.165, 1.54) is 35.4 Å². The van der Waals surface area contributed by atoms with Crippen molar-refractivity contribution in [1.29, 1.82) is 0 Å². The molecule has 1 aliphatic rings. The van der Waals surface area contributed by atoms with E-state index in [0.717, 1.165) is 0 Å². The topological polar surface area (TPSA) is 108 Å². The fraction of sp³-hybridized carbons (Fsp3) is 0.156. The van der Waals surface area contributed by atoms with Gasteiger partial charge in [0.05, 0.1) is 22.2 Å². The molecule has 4 aromatic rings. The lowest BCUT2D eigenvalue weighted by Gasteiger charge is -2.40. The second-order valence-electron chi connectivity index (χ2n) is 9.81. The maximum Gasteiger partial charge on any atom is 0.270 e. The van der Waals surface area contributed by atoms with E-state index in [4.69, 9.17) is 12.2 Å². The highest BCUT2D eigenvalue weighted by atomic mass is 32.1. The van der Waals surface area contributed by atoms with Crippen LogP contribution in [0.25, 0.3) is 0 Å². The number of carbonyl (C=O) groups is 2. The van der Waals surface area contributed by atoms with Crippen molar-refractivity contribution in [3.8, 4) is 0 Å². The van der Waals surface area contributed by atoms with Crippen LogP contribution >= 0.6 is 12.2 Å². The summed E-state index contributed by atoms with van der Waals surface area (Å²) in [6.07, 6.45) is 0. The summed E-state index contributed by atoms with van der Waals surface area (Å²) in [5, 5.41) is 16.5. The molecule has 1 aliphatic heterocycles. The van der Waals surface area contributed by atoms with Crippen LogP contribution in [0.2, 0.25) is 0 Å². The molecule has 2 N–H and O–H groups in total. The maximum atomic E-state index is 13.6. The summed E-state index contributed by atoms with van der Waals surface area (Å²) in [5.41, 5.74) is 3.20. The number of para-hydroxylation sites is 1. The van der Waals surface area contributed by atoms with Gasteiger partial charge < -0.3 is 10.2 Å². The number of nitrogens with one attached hydrogen (secondary N) is 2. The number of carbonyl (C=O) groups excluding carboxylic acids is 2. The number of nitrogens with zero attached hydrogens (tertiary/aromatic N) is 3. The van der Waals surface area contributed by atoms with Crippen LogP contribution in [0.4, 0.5) is 11.4 Å². The van der Waals surface area contributed by atoms with Crippen molar-refractivity contribution in [3.63, 3.8) is 0 Å². The van der Waals surface area contributed by atoms with Crippen molar-refractivity contribution in [2.75, 3.05) is 31.5 Å². The molecule has 0 saturated carbocycles. The first-order valence-corrected chi connectivity index (χ1v) is 13.9. The molecule has 2 amide bonds. The summed E-state index contributed by atoms with van der Waals surface area (Å²) >= 11 is 5.33. The number of piperazine rings is 1. The number of hydrogen-bond acceptors (Lipinski definition) is 6. The van der Waals surface area contributed by atoms with E-state index < -0.39 is 10.8 Å². The van der Waals surface area contributed by atoms with Gasteiger partial charge in [0.25, 0.3) is 17.5 Å². The Hall–Kier alpha value is -4.93. The highest BCUT2D eigenvalue weighted by Crippen LogP contribution is 2.30. The van der Waals surface area contributed by atoms with Gasteiger partial charge in [0.2, 0.25) is 0 Å². The van der Waals surface area contributed by atoms with E-state index in [9.17, 15) is 19.7 Å². The van der Waals surface area contributed by atoms with Crippen molar-refractivity contribution in [3.05, 3.63) is 142 Å². The smallest absolute Gasteiger partial charge is 0.270 e. The van der Waals surface area contributed by atoms with Crippen LogP contribution in [-0.2, 0) is 0 Å². The molecule has 10 heteroatoms. The summed E-state index contributed by atoms with van der Waals surface area (Å²) < 4.78 is 0. The largest absolute Gasteiger partial charge is 0.336 e. The van der Waals surface area contributed by atoms with Crippen LogP contribution in [0.3, 0.4) is 0 Å². The van der Waals surface area contributed by atoms with Crippen LogP contribution in [0, 0.1) is 10.1 Å². The number of non-ortho nitro benzene ring substituents is 1. The van der Waals surface area contributed by atoms with Gasteiger partial charge >= 0.3 is 0 Å². The number of rotatable bonds is 7. The van der Waals surface area contributed by atoms with Gasteiger partial charge in [-0.15, -0.1) is 0 Å². The Morgan fingerprint density at radius 2 is 1.38 bits per heavy atom. The summed E-state index contributed by atoms with van der Waals surface area (Å²) in [6, 6.07) is 33.2. The number of hydrogen-bond donors (Lipinski definition) is 2. The van der Waals surface area contributed by atoms with Crippen LogP contribution in [0.5, 0.6) is 0 Å². The highest BCUT2D eigenvalue weighted by Gasteiger charge is 2.29. The first-order chi connectivity index (χ1) is 20.4. The quantitative estimate of drug-likeness (QED) is 0.175. The monoisotopic (exact) mass is 579 g/mol. The molecule has 1 saturated heterocycles. The molecule has 0 radical (unpaired) electrons. The number of amides is 2. The van der Waals surface area contributed by atoms with Gasteiger partial charge in [-0.3, -0.25) is 29.9 Å². The Bertz CT molecular complexity index is 1550. The molecule has 0 bridgehead atoms. The maximum absolute atomic E-state index is 13.6. The van der Waals surface area contributed by atoms with Crippen molar-refractivity contribution < 1.29 is 14.5 Å². The molecule has 9 nitrogen and oxygen atoms in total. The molecular formula is C32H29N5O4S. The van der Waals surface area contributed by atoms with Crippen LogP contribution < -0.4 is 10.6 Å². The minimum absolute atomic E-state index is 0.0230. The van der Waals surface area contributed by atoms with Crippen molar-refractivity contribution in [2.24, 2.45) is 0 Å². The van der Waals surface area contributed by atoms with Gasteiger partial charge in [-0.2, -0.15) is 0 Å². The number of nitro benzene ring substituents is 1. The zero-order valence-electron chi connectivity index (χ0n) is 22.7. The standard InChI is InChI=1S/C32H29N5O4S/c38-30(25-14-9-15-26(22-25)37(40)41)34-32(42)33-28-17-8-7-16-27(28)31(39)36-20-18-35(19-21-36)29(23-10-3-1-4-11-23)24-12-5-2-6-13-24/h1-17,22,29H,18-21H2,(H2,33,34,38,42). The summed E-state index contributed by atoms with van der Waals surface area (Å²) in [7, 11) is 0. The minimum atomic E-state index is -0.595. The molecular weight excluding hydrogens is 550 g/mol. The fourth-order valence-corrected chi connectivity index (χ4v) is 5.31. The molecule has 0 unspecified atom stereocenters. The predicted octanol–water partition coefficient (Wildman–Crippen LogP) is 5.27. The Morgan fingerprint density at radius 1 is 0.786 bits per heavy atom. The van der Waals surface area contributed by atoms with E-state index in [1.54, 1.807) is 24.3 Å². The minimum Gasteiger partial charge on any atom is -0.336 e. The second kappa shape index (κ2) is 13.2. The number of nitro groups is 1. The lowest BCUT2D eigenvalue weighted by Crippen LogP contribution is -2.50. The number of thiocarbonyl (C=S) groups is 1. The van der Waals surface area contributed by atoms with Gasteiger partial charge in [-0.25, -0.2) is 0 Å². The molecule has 0 atom stereocenters. The summed E-state index contributed by atoms with van der Waals surface area (Å²) in [4.78, 5) is 41.0. The first-order valence-electron chi connectivity index (χ1n) is 13.5. The third kappa shape index (κ3) is 6.68. The Morgan fingerprint density at radius 3 is 2.00 bits per heavy atom. The van der Waals surface area contributed by atoms with Gasteiger partial charge in [0, 0.05) is 43.9 Å². The Balaban J connectivity index is 1.25. The zero-order chi connectivity index (χ0) is 29.5. The molecule has 5 rings (SSSR count). The Kier molecular flexibility index (Phi) is 8.96. The van der Waals surface area contributed by atoms with E-state index in [-0.39, 0.29) is 28.3 Å². The van der Waals surface area contributed by atoms with Crippen molar-refractivity contribution >= 4 is 40.5 Å². The van der Waals surface area contributed by atoms with E-state index >= 15 is 0 Å². The molecule has 0 spiro atoms. The second-order valence-corrected chi connectivity index (χ2v) is 10.2. The van der Waals surface area contributed by atoms with E-state index in [0.29, 0.717) is 37.4 Å². The average molecular weight is 580 g/mol. The predicted molar refractivity (Wildman–Crippen MR) is 165 cm³/mol. The van der Waals surface area contributed by atoms with Crippen molar-refractivity contribution in [1.82, 2.24) is 15.1 Å². The molecule has 1 heterocycles. The number of benzene rings is 4. The first kappa shape index (κ1) is 28.6. The third-order valence-electron chi connectivity index (χ3n) is 7.15. The summed E-state index contributed by atoms with van der Waals surface area (Å²) in [6.45, 7) is 2.51. The van der Waals surface area contributed by atoms with Gasteiger partial charge in [0.1, 0.15) is 0 Å². The van der Waals surface area contributed by atoms with E-state index in [1.807, 2.05) is 41.3 Å². The lowest BCUT2D eigenvalue weighted by molar-refractivity contribution is -0.384. The molecule has 212 valence electrons. The van der Waals surface area contributed by atoms with Crippen LogP contribution in [0.1, 0.15) is 37.9 Å². The van der Waals surface area contributed by atoms with Crippen molar-refractivity contribution in [2.45, 2.75) is 6.04 Å². The fourth-order valence-electron chi connectivity index (χ4n) is 5.11. The van der Waals surface area contributed by atoms with Gasteiger partial charge in [0.15, 0.2) is 5.11 Å². The summed E-state index contributed by atoms with van der Waals surface area (Å²) in [5.74, 6) is -0.732. The third-order valence-corrected chi connectivity index (χ3v) is 7.35.